The second-order valence-electron chi connectivity index (χ2n) is 4.45. The van der Waals surface area contributed by atoms with Gasteiger partial charge in [-0.1, -0.05) is 37.3 Å². The van der Waals surface area contributed by atoms with E-state index < -0.39 is 0 Å². The molecule has 0 saturated carbocycles. The summed E-state index contributed by atoms with van der Waals surface area (Å²) in [5, 5.41) is 0. The molecule has 2 heteroatoms. The smallest absolute Gasteiger partial charge is 0.0520 e. The van der Waals surface area contributed by atoms with Crippen molar-refractivity contribution < 1.29 is 0 Å². The number of benzene rings is 2. The second-order valence-corrected chi connectivity index (χ2v) is 4.45. The Morgan fingerprint density at radius 2 is 1.94 bits per heavy atom. The number of nitrogens with one attached hydrogen (secondary N) is 1. The van der Waals surface area contributed by atoms with Crippen LogP contribution in [-0.2, 0) is 12.8 Å². The quantitative estimate of drug-likeness (QED) is 0.518. The average Bonchev–Trinajstić information content (AvgIpc) is 2.75. The molecule has 2 aromatic carbocycles. The molecule has 0 aromatic heterocycles. The van der Waals surface area contributed by atoms with Crippen molar-refractivity contribution in [1.82, 2.24) is 0 Å². The van der Waals surface area contributed by atoms with Crippen molar-refractivity contribution in [3.05, 3.63) is 53.1 Å². The van der Waals surface area contributed by atoms with E-state index in [1.807, 2.05) is 0 Å². The van der Waals surface area contributed by atoms with E-state index in [0.717, 1.165) is 18.5 Å². The molecule has 0 bridgehead atoms. The molecule has 3 rings (SSSR count). The van der Waals surface area contributed by atoms with Gasteiger partial charge in [-0.15, -0.1) is 0 Å². The van der Waals surface area contributed by atoms with Gasteiger partial charge >= 0.3 is 0 Å². The molecule has 0 aliphatic heterocycles. The predicted molar refractivity (Wildman–Crippen MR) is 71.9 cm³/mol. The van der Waals surface area contributed by atoms with E-state index in [-0.39, 0.29) is 0 Å². The standard InChI is InChI=1S/C15H16N2/c1-2-11-14-9-10-5-3-4-6-12(10)13(14)7-8-15(11)17-16/h3-8,17H,2,9,16H2,1H3. The molecule has 0 atom stereocenters. The molecule has 86 valence electrons. The van der Waals surface area contributed by atoms with Crippen LogP contribution in [0.2, 0.25) is 0 Å². The van der Waals surface area contributed by atoms with Gasteiger partial charge in [0.15, 0.2) is 0 Å². The van der Waals surface area contributed by atoms with E-state index in [1.54, 1.807) is 0 Å². The van der Waals surface area contributed by atoms with Gasteiger partial charge in [-0.25, -0.2) is 0 Å². The maximum atomic E-state index is 5.58. The number of hydrogen-bond donors (Lipinski definition) is 2. The van der Waals surface area contributed by atoms with E-state index in [2.05, 4.69) is 48.7 Å². The second kappa shape index (κ2) is 3.90. The summed E-state index contributed by atoms with van der Waals surface area (Å²) in [6, 6.07) is 12.9. The molecule has 0 radical (unpaired) electrons. The number of hydrogen-bond acceptors (Lipinski definition) is 2. The summed E-state index contributed by atoms with van der Waals surface area (Å²) in [4.78, 5) is 0. The molecule has 3 N–H and O–H groups in total. The van der Waals surface area contributed by atoms with Crippen LogP contribution in [0, 0.1) is 0 Å². The summed E-state index contributed by atoms with van der Waals surface area (Å²) in [6.45, 7) is 2.18. The lowest BCUT2D eigenvalue weighted by atomic mass is 9.98. The maximum absolute atomic E-state index is 5.58. The van der Waals surface area contributed by atoms with E-state index in [1.165, 1.54) is 27.8 Å². The van der Waals surface area contributed by atoms with Crippen molar-refractivity contribution in [3.63, 3.8) is 0 Å². The van der Waals surface area contributed by atoms with Crippen molar-refractivity contribution in [3.8, 4) is 11.1 Å². The van der Waals surface area contributed by atoms with Gasteiger partial charge in [-0.05, 0) is 46.7 Å². The molecule has 0 unspecified atom stereocenters. The van der Waals surface area contributed by atoms with Crippen LogP contribution in [0.3, 0.4) is 0 Å². The predicted octanol–water partition coefficient (Wildman–Crippen LogP) is 3.11. The number of nitrogens with two attached hydrogens (primary N) is 1. The van der Waals surface area contributed by atoms with Gasteiger partial charge < -0.3 is 5.43 Å². The van der Waals surface area contributed by atoms with Crippen molar-refractivity contribution in [2.75, 3.05) is 5.43 Å². The molecule has 1 aliphatic carbocycles. The summed E-state index contributed by atoms with van der Waals surface area (Å²) in [5.41, 5.74) is 10.8. The minimum Gasteiger partial charge on any atom is -0.324 e. The molecule has 0 amide bonds. The Morgan fingerprint density at radius 1 is 1.12 bits per heavy atom. The average molecular weight is 224 g/mol. The molecule has 0 fully saturated rings. The highest BCUT2D eigenvalue weighted by Gasteiger charge is 2.21. The van der Waals surface area contributed by atoms with E-state index >= 15 is 0 Å². The first-order valence-electron chi connectivity index (χ1n) is 6.04. The van der Waals surface area contributed by atoms with Crippen LogP contribution in [0.25, 0.3) is 11.1 Å². The fourth-order valence-corrected chi connectivity index (χ4v) is 2.81. The highest BCUT2D eigenvalue weighted by Crippen LogP contribution is 2.40. The number of anilines is 1. The van der Waals surface area contributed by atoms with Crippen molar-refractivity contribution >= 4 is 5.69 Å². The van der Waals surface area contributed by atoms with Gasteiger partial charge in [0, 0.05) is 0 Å². The third kappa shape index (κ3) is 1.45. The highest BCUT2D eigenvalue weighted by molar-refractivity contribution is 5.80. The van der Waals surface area contributed by atoms with Gasteiger partial charge in [0.25, 0.3) is 0 Å². The van der Waals surface area contributed by atoms with E-state index in [0.29, 0.717) is 0 Å². The van der Waals surface area contributed by atoms with Gasteiger partial charge in [-0.3, -0.25) is 5.84 Å². The molecule has 1 aliphatic rings. The summed E-state index contributed by atoms with van der Waals surface area (Å²) < 4.78 is 0. The zero-order valence-electron chi connectivity index (χ0n) is 9.96. The number of hydrazine groups is 1. The Balaban J connectivity index is 2.24. The molecule has 0 saturated heterocycles. The monoisotopic (exact) mass is 224 g/mol. The number of fused-ring (bicyclic) bond motifs is 3. The van der Waals surface area contributed by atoms with Crippen LogP contribution < -0.4 is 11.3 Å². The van der Waals surface area contributed by atoms with Crippen LogP contribution in [0.15, 0.2) is 36.4 Å². The molecule has 0 spiro atoms. The minimum atomic E-state index is 1.01. The van der Waals surface area contributed by atoms with Crippen LogP contribution >= 0.6 is 0 Å². The Morgan fingerprint density at radius 3 is 2.71 bits per heavy atom. The Kier molecular flexibility index (Phi) is 2.37. The zero-order valence-corrected chi connectivity index (χ0v) is 9.96. The molecule has 0 heterocycles. The Bertz CT molecular complexity index is 573. The lowest BCUT2D eigenvalue weighted by Crippen LogP contribution is -2.10. The lowest BCUT2D eigenvalue weighted by Gasteiger charge is -2.12. The topological polar surface area (TPSA) is 38.0 Å². The van der Waals surface area contributed by atoms with E-state index in [4.69, 9.17) is 5.84 Å². The van der Waals surface area contributed by atoms with Crippen LogP contribution in [0.5, 0.6) is 0 Å². The third-order valence-electron chi connectivity index (χ3n) is 3.62. The largest absolute Gasteiger partial charge is 0.324 e. The molecular weight excluding hydrogens is 208 g/mol. The Hall–Kier alpha value is -1.80. The van der Waals surface area contributed by atoms with Crippen molar-refractivity contribution in [2.24, 2.45) is 5.84 Å². The Labute approximate surface area is 101 Å². The lowest BCUT2D eigenvalue weighted by molar-refractivity contribution is 1.08. The fourth-order valence-electron chi connectivity index (χ4n) is 2.81. The van der Waals surface area contributed by atoms with Gasteiger partial charge in [0.05, 0.1) is 5.69 Å². The first-order valence-corrected chi connectivity index (χ1v) is 6.04. The van der Waals surface area contributed by atoms with Crippen LogP contribution in [0.4, 0.5) is 5.69 Å². The summed E-state index contributed by atoms with van der Waals surface area (Å²) in [6.07, 6.45) is 2.04. The third-order valence-corrected chi connectivity index (χ3v) is 3.62. The summed E-state index contributed by atoms with van der Waals surface area (Å²) in [7, 11) is 0. The fraction of sp³-hybridized carbons (Fsp3) is 0.200. The van der Waals surface area contributed by atoms with E-state index in [9.17, 15) is 0 Å². The van der Waals surface area contributed by atoms with Crippen molar-refractivity contribution in [1.29, 1.82) is 0 Å². The molecular formula is C15H16N2. The number of nitrogen functional groups attached to an aromatic ring is 1. The highest BCUT2D eigenvalue weighted by atomic mass is 15.2. The van der Waals surface area contributed by atoms with Crippen molar-refractivity contribution in [2.45, 2.75) is 19.8 Å². The summed E-state index contributed by atoms with van der Waals surface area (Å²) in [5.74, 6) is 5.58. The number of rotatable bonds is 2. The summed E-state index contributed by atoms with van der Waals surface area (Å²) >= 11 is 0. The molecule has 2 nitrogen and oxygen atoms in total. The molecule has 2 aromatic rings. The van der Waals surface area contributed by atoms with Gasteiger partial charge in [0.2, 0.25) is 0 Å². The molecule has 17 heavy (non-hydrogen) atoms. The van der Waals surface area contributed by atoms with Crippen LogP contribution in [0.1, 0.15) is 23.6 Å². The SMILES string of the molecule is CCc1c(NN)ccc2c1Cc1ccccc1-2. The zero-order chi connectivity index (χ0) is 11.8. The minimum absolute atomic E-state index is 1.01. The normalized spacial score (nSPS) is 12.1. The van der Waals surface area contributed by atoms with Gasteiger partial charge in [0.1, 0.15) is 0 Å². The van der Waals surface area contributed by atoms with Gasteiger partial charge in [-0.2, -0.15) is 0 Å². The maximum Gasteiger partial charge on any atom is 0.0520 e. The first-order chi connectivity index (χ1) is 8.35. The van der Waals surface area contributed by atoms with Crippen LogP contribution in [-0.4, -0.2) is 0 Å². The first kappa shape index (κ1) is 10.4.